The summed E-state index contributed by atoms with van der Waals surface area (Å²) in [5, 5.41) is 19.6. The Kier molecular flexibility index (Phi) is 3.62. The van der Waals surface area contributed by atoms with Gasteiger partial charge in [0.25, 0.3) is 5.69 Å². The molecule has 1 aromatic rings. The lowest BCUT2D eigenvalue weighted by Gasteiger charge is -2.29. The largest absolute Gasteiger partial charge is 0.396 e. The van der Waals surface area contributed by atoms with Gasteiger partial charge in [0.1, 0.15) is 0 Å². The smallest absolute Gasteiger partial charge is 0.269 e. The van der Waals surface area contributed by atoms with Crippen LogP contribution in [0, 0.1) is 15.5 Å². The lowest BCUT2D eigenvalue weighted by Crippen LogP contribution is -2.32. The highest BCUT2D eigenvalue weighted by atomic mass is 16.6. The molecule has 5 nitrogen and oxygen atoms in total. The van der Waals surface area contributed by atoms with Gasteiger partial charge in [0.05, 0.1) is 4.92 Å². The standard InChI is InChI=1S/C11H16N2O3/c1-11(2,7-14)10(12)8-3-5-9(6-4-8)13(15)16/h3-6,10,14H,7,12H2,1-2H3/t10-/m1/s1. The van der Waals surface area contributed by atoms with Gasteiger partial charge >= 0.3 is 0 Å². The van der Waals surface area contributed by atoms with Gasteiger partial charge in [-0.3, -0.25) is 10.1 Å². The molecule has 0 aromatic heterocycles. The van der Waals surface area contributed by atoms with Crippen molar-refractivity contribution in [1.82, 2.24) is 0 Å². The van der Waals surface area contributed by atoms with E-state index in [-0.39, 0.29) is 18.3 Å². The molecule has 0 amide bonds. The Morgan fingerprint density at radius 1 is 1.44 bits per heavy atom. The van der Waals surface area contributed by atoms with Crippen LogP contribution in [0.3, 0.4) is 0 Å². The quantitative estimate of drug-likeness (QED) is 0.600. The van der Waals surface area contributed by atoms with Crippen LogP contribution >= 0.6 is 0 Å². The van der Waals surface area contributed by atoms with Crippen molar-refractivity contribution in [3.05, 3.63) is 39.9 Å². The van der Waals surface area contributed by atoms with Crippen LogP contribution in [0.5, 0.6) is 0 Å². The highest BCUT2D eigenvalue weighted by Gasteiger charge is 2.27. The summed E-state index contributed by atoms with van der Waals surface area (Å²) in [5.74, 6) is 0. The predicted molar refractivity (Wildman–Crippen MR) is 60.9 cm³/mol. The number of aliphatic hydroxyl groups is 1. The molecule has 0 aliphatic rings. The summed E-state index contributed by atoms with van der Waals surface area (Å²) in [6, 6.07) is 5.74. The Hall–Kier alpha value is -1.46. The fourth-order valence-electron chi connectivity index (χ4n) is 1.35. The van der Waals surface area contributed by atoms with Crippen LogP contribution in [-0.4, -0.2) is 16.6 Å². The monoisotopic (exact) mass is 224 g/mol. The first-order valence-corrected chi connectivity index (χ1v) is 4.99. The number of hydrogen-bond acceptors (Lipinski definition) is 4. The zero-order valence-electron chi connectivity index (χ0n) is 9.38. The van der Waals surface area contributed by atoms with E-state index < -0.39 is 10.3 Å². The van der Waals surface area contributed by atoms with E-state index in [1.165, 1.54) is 12.1 Å². The summed E-state index contributed by atoms with van der Waals surface area (Å²) < 4.78 is 0. The fourth-order valence-corrected chi connectivity index (χ4v) is 1.35. The van der Waals surface area contributed by atoms with Gasteiger partial charge in [0.2, 0.25) is 0 Å². The summed E-state index contributed by atoms with van der Waals surface area (Å²) in [6.07, 6.45) is 0. The number of nitrogens with zero attached hydrogens (tertiary/aromatic N) is 1. The molecule has 88 valence electrons. The first kappa shape index (κ1) is 12.6. The van der Waals surface area contributed by atoms with Crippen LogP contribution in [0.2, 0.25) is 0 Å². The van der Waals surface area contributed by atoms with E-state index in [0.29, 0.717) is 0 Å². The molecule has 3 N–H and O–H groups in total. The number of non-ortho nitro benzene ring substituents is 1. The molecule has 16 heavy (non-hydrogen) atoms. The summed E-state index contributed by atoms with van der Waals surface area (Å²) in [5.41, 5.74) is 6.35. The molecule has 0 radical (unpaired) electrons. The summed E-state index contributed by atoms with van der Waals surface area (Å²) in [4.78, 5) is 10.0. The van der Waals surface area contributed by atoms with Crippen molar-refractivity contribution in [3.63, 3.8) is 0 Å². The number of benzene rings is 1. The Balaban J connectivity index is 2.94. The molecule has 0 heterocycles. The van der Waals surface area contributed by atoms with Crippen LogP contribution in [-0.2, 0) is 0 Å². The molecule has 0 aliphatic heterocycles. The lowest BCUT2D eigenvalue weighted by atomic mass is 9.82. The zero-order chi connectivity index (χ0) is 12.3. The average Bonchev–Trinajstić information content (AvgIpc) is 2.28. The number of nitro groups is 1. The van der Waals surface area contributed by atoms with Crippen molar-refractivity contribution in [2.75, 3.05) is 6.61 Å². The molecular formula is C11H16N2O3. The normalized spacial score (nSPS) is 13.5. The maximum absolute atomic E-state index is 10.5. The molecular weight excluding hydrogens is 208 g/mol. The lowest BCUT2D eigenvalue weighted by molar-refractivity contribution is -0.384. The Labute approximate surface area is 94.0 Å². The SMILES string of the molecule is CC(C)(CO)[C@H](N)c1ccc([N+](=O)[O-])cc1. The minimum Gasteiger partial charge on any atom is -0.396 e. The van der Waals surface area contributed by atoms with Crippen molar-refractivity contribution in [1.29, 1.82) is 0 Å². The topological polar surface area (TPSA) is 89.4 Å². The molecule has 0 saturated heterocycles. The van der Waals surface area contributed by atoms with Gasteiger partial charge in [-0.25, -0.2) is 0 Å². The maximum atomic E-state index is 10.5. The minimum absolute atomic E-state index is 0.0366. The van der Waals surface area contributed by atoms with Crippen molar-refractivity contribution >= 4 is 5.69 Å². The molecule has 0 aliphatic carbocycles. The summed E-state index contributed by atoms with van der Waals surface area (Å²) in [7, 11) is 0. The highest BCUT2D eigenvalue weighted by molar-refractivity contribution is 5.34. The van der Waals surface area contributed by atoms with Gasteiger partial charge in [-0.1, -0.05) is 26.0 Å². The van der Waals surface area contributed by atoms with Crippen molar-refractivity contribution in [2.45, 2.75) is 19.9 Å². The van der Waals surface area contributed by atoms with Crippen LogP contribution in [0.4, 0.5) is 5.69 Å². The second-order valence-electron chi connectivity index (χ2n) is 4.47. The molecule has 1 rings (SSSR count). The average molecular weight is 224 g/mol. The molecule has 5 heteroatoms. The number of hydrogen-bond donors (Lipinski definition) is 2. The van der Waals surface area contributed by atoms with E-state index >= 15 is 0 Å². The van der Waals surface area contributed by atoms with Crippen LogP contribution < -0.4 is 5.73 Å². The van der Waals surface area contributed by atoms with Gasteiger partial charge in [0.15, 0.2) is 0 Å². The molecule has 0 bridgehead atoms. The Morgan fingerprint density at radius 2 is 1.94 bits per heavy atom. The Bertz CT molecular complexity index is 373. The molecule has 0 spiro atoms. The highest BCUT2D eigenvalue weighted by Crippen LogP contribution is 2.31. The molecule has 0 unspecified atom stereocenters. The van der Waals surface area contributed by atoms with Crippen LogP contribution in [0.25, 0.3) is 0 Å². The number of nitro benzene ring substituents is 1. The van der Waals surface area contributed by atoms with Crippen molar-refractivity contribution in [3.8, 4) is 0 Å². The van der Waals surface area contributed by atoms with Gasteiger partial charge in [-0.2, -0.15) is 0 Å². The number of rotatable bonds is 4. The third-order valence-corrected chi connectivity index (χ3v) is 2.71. The third kappa shape index (κ3) is 2.56. The van der Waals surface area contributed by atoms with E-state index in [1.54, 1.807) is 12.1 Å². The second kappa shape index (κ2) is 4.59. The van der Waals surface area contributed by atoms with E-state index in [4.69, 9.17) is 5.73 Å². The second-order valence-corrected chi connectivity index (χ2v) is 4.47. The molecule has 1 aromatic carbocycles. The maximum Gasteiger partial charge on any atom is 0.269 e. The van der Waals surface area contributed by atoms with E-state index in [2.05, 4.69) is 0 Å². The first-order chi connectivity index (χ1) is 7.38. The van der Waals surface area contributed by atoms with Crippen LogP contribution in [0.15, 0.2) is 24.3 Å². The molecule has 0 saturated carbocycles. The van der Waals surface area contributed by atoms with Gasteiger partial charge in [0, 0.05) is 30.2 Å². The van der Waals surface area contributed by atoms with E-state index in [9.17, 15) is 15.2 Å². The first-order valence-electron chi connectivity index (χ1n) is 4.99. The van der Waals surface area contributed by atoms with Crippen molar-refractivity contribution in [2.24, 2.45) is 11.1 Å². The minimum atomic E-state index is -0.452. The summed E-state index contributed by atoms with van der Waals surface area (Å²) >= 11 is 0. The summed E-state index contributed by atoms with van der Waals surface area (Å²) in [6.45, 7) is 3.66. The molecule has 1 atom stereocenters. The predicted octanol–water partition coefficient (Wildman–Crippen LogP) is 1.61. The molecule has 0 fully saturated rings. The van der Waals surface area contributed by atoms with E-state index in [0.717, 1.165) is 5.56 Å². The van der Waals surface area contributed by atoms with Gasteiger partial charge in [-0.15, -0.1) is 0 Å². The van der Waals surface area contributed by atoms with Gasteiger partial charge < -0.3 is 10.8 Å². The third-order valence-electron chi connectivity index (χ3n) is 2.71. The van der Waals surface area contributed by atoms with Crippen molar-refractivity contribution < 1.29 is 10.0 Å². The van der Waals surface area contributed by atoms with Crippen LogP contribution in [0.1, 0.15) is 25.5 Å². The van der Waals surface area contributed by atoms with E-state index in [1.807, 2.05) is 13.8 Å². The Morgan fingerprint density at radius 3 is 2.31 bits per heavy atom. The van der Waals surface area contributed by atoms with Gasteiger partial charge in [-0.05, 0) is 5.56 Å². The fraction of sp³-hybridized carbons (Fsp3) is 0.455. The number of nitrogens with two attached hydrogens (primary N) is 1. The number of aliphatic hydroxyl groups excluding tert-OH is 1. The zero-order valence-corrected chi connectivity index (χ0v) is 9.38.